The van der Waals surface area contributed by atoms with Crippen molar-refractivity contribution in [2.75, 3.05) is 0 Å². The van der Waals surface area contributed by atoms with Crippen molar-refractivity contribution in [1.82, 2.24) is 19.8 Å². The molecule has 3 aromatic rings. The Balaban J connectivity index is 2.30. The number of aryl methyl sites for hydroxylation is 1. The van der Waals surface area contributed by atoms with Crippen LogP contribution in [0.4, 0.5) is 0 Å². The van der Waals surface area contributed by atoms with Crippen molar-refractivity contribution in [2.24, 2.45) is 0 Å². The van der Waals surface area contributed by atoms with Crippen molar-refractivity contribution in [3.05, 3.63) is 34.3 Å². The van der Waals surface area contributed by atoms with Crippen LogP contribution in [0.3, 0.4) is 0 Å². The topological polar surface area (TPSA) is 43.1 Å². The Morgan fingerprint density at radius 1 is 1.25 bits per heavy atom. The van der Waals surface area contributed by atoms with Gasteiger partial charge in [-0.2, -0.15) is 9.61 Å². The van der Waals surface area contributed by atoms with Crippen LogP contribution >= 0.6 is 22.9 Å². The number of fused-ring (bicyclic) bond motifs is 1. The fraction of sp³-hybridized carbons (Fsp3) is 0.100. The van der Waals surface area contributed by atoms with Gasteiger partial charge >= 0.3 is 0 Å². The van der Waals surface area contributed by atoms with Gasteiger partial charge < -0.3 is 0 Å². The van der Waals surface area contributed by atoms with E-state index in [2.05, 4.69) is 15.3 Å². The lowest BCUT2D eigenvalue weighted by atomic mass is 10.2. The van der Waals surface area contributed by atoms with Crippen molar-refractivity contribution in [1.29, 1.82) is 0 Å². The maximum Gasteiger partial charge on any atom is 0.234 e. The van der Waals surface area contributed by atoms with Crippen molar-refractivity contribution < 1.29 is 0 Å². The molecule has 16 heavy (non-hydrogen) atoms. The van der Waals surface area contributed by atoms with Crippen molar-refractivity contribution in [2.45, 2.75) is 6.92 Å². The summed E-state index contributed by atoms with van der Waals surface area (Å²) in [5, 5.41) is 14.1. The normalized spacial score (nSPS) is 11.1. The number of nitrogens with zero attached hydrogens (tertiary/aromatic N) is 4. The van der Waals surface area contributed by atoms with Gasteiger partial charge in [-0.15, -0.1) is 10.2 Å². The van der Waals surface area contributed by atoms with E-state index in [0.717, 1.165) is 15.5 Å². The van der Waals surface area contributed by atoms with E-state index in [9.17, 15) is 0 Å². The quantitative estimate of drug-likeness (QED) is 0.667. The zero-order valence-corrected chi connectivity index (χ0v) is 9.96. The average molecular weight is 251 g/mol. The first-order valence-electron chi connectivity index (χ1n) is 4.69. The van der Waals surface area contributed by atoms with Crippen molar-refractivity contribution >= 4 is 27.9 Å². The minimum absolute atomic E-state index is 0.655. The molecule has 0 N–H and O–H groups in total. The van der Waals surface area contributed by atoms with E-state index in [0.29, 0.717) is 10.8 Å². The molecule has 1 aromatic carbocycles. The van der Waals surface area contributed by atoms with Gasteiger partial charge in [0.05, 0.1) is 5.02 Å². The lowest BCUT2D eigenvalue weighted by Crippen LogP contribution is -1.91. The summed E-state index contributed by atoms with van der Waals surface area (Å²) < 4.78 is 1.72. The molecule has 0 bridgehead atoms. The minimum Gasteiger partial charge on any atom is -0.183 e. The van der Waals surface area contributed by atoms with Crippen LogP contribution in [0.5, 0.6) is 0 Å². The molecule has 0 atom stereocenters. The molecule has 0 aliphatic carbocycles. The lowest BCUT2D eigenvalue weighted by molar-refractivity contribution is 0.941. The van der Waals surface area contributed by atoms with Crippen LogP contribution in [-0.2, 0) is 0 Å². The smallest absolute Gasteiger partial charge is 0.183 e. The summed E-state index contributed by atoms with van der Waals surface area (Å²) in [7, 11) is 0. The van der Waals surface area contributed by atoms with E-state index in [1.807, 2.05) is 31.2 Å². The number of benzene rings is 1. The Hall–Kier alpha value is -1.46. The molecule has 0 unspecified atom stereocenters. The molecule has 2 aromatic heterocycles. The van der Waals surface area contributed by atoms with Gasteiger partial charge in [0.25, 0.3) is 0 Å². The van der Waals surface area contributed by atoms with Crippen LogP contribution < -0.4 is 0 Å². The second kappa shape index (κ2) is 3.54. The van der Waals surface area contributed by atoms with Crippen molar-refractivity contribution in [3.8, 4) is 11.4 Å². The van der Waals surface area contributed by atoms with E-state index < -0.39 is 0 Å². The fourth-order valence-corrected chi connectivity index (χ4v) is 2.43. The van der Waals surface area contributed by atoms with Gasteiger partial charge in [-0.1, -0.05) is 35.1 Å². The Bertz CT molecular complexity index is 658. The van der Waals surface area contributed by atoms with Crippen LogP contribution in [0.1, 0.15) is 5.01 Å². The molecular formula is C10H7ClN4S. The predicted molar refractivity (Wildman–Crippen MR) is 63.8 cm³/mol. The average Bonchev–Trinajstić information content (AvgIpc) is 2.78. The molecule has 0 spiro atoms. The van der Waals surface area contributed by atoms with Crippen molar-refractivity contribution in [3.63, 3.8) is 0 Å². The van der Waals surface area contributed by atoms with Gasteiger partial charge in [-0.05, 0) is 19.1 Å². The molecule has 0 fully saturated rings. The van der Waals surface area contributed by atoms with E-state index in [-0.39, 0.29) is 0 Å². The second-order valence-electron chi connectivity index (χ2n) is 3.32. The molecule has 2 heterocycles. The summed E-state index contributed by atoms with van der Waals surface area (Å²) >= 11 is 7.63. The zero-order valence-electron chi connectivity index (χ0n) is 8.38. The Morgan fingerprint density at radius 3 is 2.88 bits per heavy atom. The number of hydrogen-bond donors (Lipinski definition) is 0. The maximum atomic E-state index is 6.12. The molecule has 0 aliphatic heterocycles. The summed E-state index contributed by atoms with van der Waals surface area (Å²) in [6.07, 6.45) is 0. The number of halogens is 1. The highest BCUT2D eigenvalue weighted by molar-refractivity contribution is 7.16. The van der Waals surface area contributed by atoms with Crippen LogP contribution in [0.25, 0.3) is 16.3 Å². The Labute approximate surface area is 101 Å². The Morgan fingerprint density at radius 2 is 2.06 bits per heavy atom. The standard InChI is InChI=1S/C10H7ClN4S/c1-6-14-15-9(12-13-10(15)16-6)7-4-2-3-5-8(7)11/h2-5H,1H3. The van der Waals surface area contributed by atoms with Crippen LogP contribution in [0, 0.1) is 6.92 Å². The highest BCUT2D eigenvalue weighted by atomic mass is 35.5. The minimum atomic E-state index is 0.655. The first-order valence-corrected chi connectivity index (χ1v) is 5.89. The van der Waals surface area contributed by atoms with Gasteiger partial charge in [0.2, 0.25) is 4.96 Å². The molecule has 0 saturated carbocycles. The van der Waals surface area contributed by atoms with Gasteiger partial charge in [-0.3, -0.25) is 0 Å². The number of hydrogen-bond acceptors (Lipinski definition) is 4. The van der Waals surface area contributed by atoms with Gasteiger partial charge in [0.15, 0.2) is 5.82 Å². The summed E-state index contributed by atoms with van der Waals surface area (Å²) in [4.78, 5) is 0.785. The largest absolute Gasteiger partial charge is 0.234 e. The molecule has 6 heteroatoms. The van der Waals surface area contributed by atoms with Crippen LogP contribution in [-0.4, -0.2) is 19.8 Å². The Kier molecular flexibility index (Phi) is 2.15. The second-order valence-corrected chi connectivity index (χ2v) is 4.89. The van der Waals surface area contributed by atoms with Gasteiger partial charge in [0.1, 0.15) is 5.01 Å². The molecule has 0 radical (unpaired) electrons. The highest BCUT2D eigenvalue weighted by Gasteiger charge is 2.13. The van der Waals surface area contributed by atoms with E-state index in [4.69, 9.17) is 11.6 Å². The molecule has 80 valence electrons. The maximum absolute atomic E-state index is 6.12. The SMILES string of the molecule is Cc1nn2c(-c3ccccc3Cl)nnc2s1. The van der Waals surface area contributed by atoms with Gasteiger partial charge in [-0.25, -0.2) is 0 Å². The van der Waals surface area contributed by atoms with Crippen LogP contribution in [0.2, 0.25) is 5.02 Å². The van der Waals surface area contributed by atoms with E-state index >= 15 is 0 Å². The van der Waals surface area contributed by atoms with E-state index in [1.165, 1.54) is 11.3 Å². The third-order valence-electron chi connectivity index (χ3n) is 2.21. The molecular weight excluding hydrogens is 244 g/mol. The molecule has 0 amide bonds. The predicted octanol–water partition coefficient (Wildman–Crippen LogP) is 2.81. The first kappa shape index (κ1) is 9.74. The third-order valence-corrected chi connectivity index (χ3v) is 3.35. The number of aromatic nitrogens is 4. The molecule has 0 aliphatic rings. The molecule has 3 rings (SSSR count). The fourth-order valence-electron chi connectivity index (χ4n) is 1.52. The molecule has 4 nitrogen and oxygen atoms in total. The lowest BCUT2D eigenvalue weighted by Gasteiger charge is -1.98. The molecule has 0 saturated heterocycles. The summed E-state index contributed by atoms with van der Waals surface area (Å²) in [6, 6.07) is 7.54. The summed E-state index contributed by atoms with van der Waals surface area (Å²) in [5.41, 5.74) is 0.849. The first-order chi connectivity index (χ1) is 7.75. The third kappa shape index (κ3) is 1.40. The summed E-state index contributed by atoms with van der Waals surface area (Å²) in [5.74, 6) is 0.685. The van der Waals surface area contributed by atoms with Gasteiger partial charge in [0, 0.05) is 5.56 Å². The number of rotatable bonds is 1. The zero-order chi connectivity index (χ0) is 11.1. The highest BCUT2D eigenvalue weighted by Crippen LogP contribution is 2.27. The summed E-state index contributed by atoms with van der Waals surface area (Å²) in [6.45, 7) is 1.94. The van der Waals surface area contributed by atoms with E-state index in [1.54, 1.807) is 4.52 Å². The van der Waals surface area contributed by atoms with Crippen LogP contribution in [0.15, 0.2) is 24.3 Å². The monoisotopic (exact) mass is 250 g/mol.